The van der Waals surface area contributed by atoms with Crippen molar-refractivity contribution < 1.29 is 27.5 Å². The van der Waals surface area contributed by atoms with Crippen LogP contribution in [0.4, 0.5) is 23.8 Å². The highest BCUT2D eigenvalue weighted by Gasteiger charge is 2.41. The van der Waals surface area contributed by atoms with Gasteiger partial charge in [0.1, 0.15) is 17.5 Å². The first-order chi connectivity index (χ1) is 14.4. The first-order valence-corrected chi connectivity index (χ1v) is 10.5. The topological polar surface area (TPSA) is 74.8 Å². The van der Waals surface area contributed by atoms with Gasteiger partial charge in [0, 0.05) is 31.9 Å². The lowest BCUT2D eigenvalue weighted by Crippen LogP contribution is -2.55. The molecule has 0 bridgehead atoms. The number of pyridine rings is 1. The molecule has 2 amide bonds. The molecular formula is C20H26ClF3N4O3. The summed E-state index contributed by atoms with van der Waals surface area (Å²) in [6, 6.07) is 0.0265. The Morgan fingerprint density at radius 1 is 1.26 bits per heavy atom. The number of rotatable bonds is 3. The van der Waals surface area contributed by atoms with Crippen LogP contribution in [0.3, 0.4) is 0 Å². The summed E-state index contributed by atoms with van der Waals surface area (Å²) in [5, 5.41) is 2.67. The monoisotopic (exact) mass is 462 g/mol. The third-order valence-corrected chi connectivity index (χ3v) is 5.54. The molecule has 2 saturated heterocycles. The van der Waals surface area contributed by atoms with Crippen LogP contribution in [0.1, 0.15) is 45.6 Å². The van der Waals surface area contributed by atoms with E-state index in [1.165, 1.54) is 4.90 Å². The quantitative estimate of drug-likeness (QED) is 0.738. The number of halogens is 4. The van der Waals surface area contributed by atoms with Gasteiger partial charge in [0.15, 0.2) is 0 Å². The molecule has 2 fully saturated rings. The average Bonchev–Trinajstić information content (AvgIpc) is 3.06. The lowest BCUT2D eigenvalue weighted by molar-refractivity contribution is -0.137. The van der Waals surface area contributed by atoms with Crippen molar-refractivity contribution >= 4 is 29.4 Å². The van der Waals surface area contributed by atoms with E-state index in [1.807, 2.05) is 0 Å². The number of piperidine rings is 1. The highest BCUT2D eigenvalue weighted by molar-refractivity contribution is 6.33. The molecule has 0 radical (unpaired) electrons. The lowest BCUT2D eigenvalue weighted by Gasteiger charge is -2.41. The van der Waals surface area contributed by atoms with Crippen molar-refractivity contribution in [3.05, 3.63) is 22.8 Å². The van der Waals surface area contributed by atoms with Gasteiger partial charge in [0.25, 0.3) is 0 Å². The minimum atomic E-state index is -4.52. The van der Waals surface area contributed by atoms with Crippen molar-refractivity contribution in [1.29, 1.82) is 0 Å². The van der Waals surface area contributed by atoms with Gasteiger partial charge in [0.2, 0.25) is 5.91 Å². The average molecular weight is 463 g/mol. The molecule has 31 heavy (non-hydrogen) atoms. The number of aromatic nitrogens is 1. The number of nitrogens with zero attached hydrogens (tertiary/aromatic N) is 3. The van der Waals surface area contributed by atoms with Crippen LogP contribution in [0.25, 0.3) is 0 Å². The van der Waals surface area contributed by atoms with E-state index in [9.17, 15) is 22.8 Å². The van der Waals surface area contributed by atoms with Crippen LogP contribution in [0.5, 0.6) is 0 Å². The van der Waals surface area contributed by atoms with Gasteiger partial charge >= 0.3 is 12.3 Å². The van der Waals surface area contributed by atoms with E-state index in [1.54, 1.807) is 25.7 Å². The predicted octanol–water partition coefficient (Wildman–Crippen LogP) is 3.85. The standard InChI is InChI=1S/C20H26ClF3N4O3/c1-19(2,3)31-18(30)28(15-4-7-25-17(15)29)13-5-8-27(9-6-13)16-14(21)10-12(11-26-16)20(22,23)24/h10-11,13,15H,4-9H2,1-3H3,(H,25,29). The third kappa shape index (κ3) is 5.53. The number of nitrogens with one attached hydrogen (secondary N) is 1. The maximum atomic E-state index is 12.9. The molecule has 1 aromatic heterocycles. The minimum Gasteiger partial charge on any atom is -0.444 e. The molecule has 1 atom stereocenters. The molecule has 3 heterocycles. The summed E-state index contributed by atoms with van der Waals surface area (Å²) in [6.45, 7) is 6.63. The van der Waals surface area contributed by atoms with E-state index in [2.05, 4.69) is 10.3 Å². The van der Waals surface area contributed by atoms with Gasteiger partial charge in [-0.15, -0.1) is 0 Å². The fourth-order valence-corrected chi connectivity index (χ4v) is 4.15. The predicted molar refractivity (Wildman–Crippen MR) is 109 cm³/mol. The molecule has 2 aliphatic rings. The van der Waals surface area contributed by atoms with E-state index < -0.39 is 29.5 Å². The summed E-state index contributed by atoms with van der Waals surface area (Å²) in [5.41, 5.74) is -1.61. The van der Waals surface area contributed by atoms with Gasteiger partial charge in [-0.05, 0) is 46.1 Å². The molecule has 0 aromatic carbocycles. The van der Waals surface area contributed by atoms with Crippen LogP contribution >= 0.6 is 11.6 Å². The molecular weight excluding hydrogens is 437 g/mol. The number of hydrogen-bond acceptors (Lipinski definition) is 5. The molecule has 11 heteroatoms. The fraction of sp³-hybridized carbons (Fsp3) is 0.650. The maximum Gasteiger partial charge on any atom is 0.417 e. The zero-order valence-corrected chi connectivity index (χ0v) is 18.4. The van der Waals surface area contributed by atoms with Crippen LogP contribution in [0.15, 0.2) is 12.3 Å². The van der Waals surface area contributed by atoms with E-state index in [4.69, 9.17) is 16.3 Å². The van der Waals surface area contributed by atoms with Crippen molar-refractivity contribution in [2.75, 3.05) is 24.5 Å². The number of carbonyl (C=O) groups is 2. The Hall–Kier alpha value is -2.23. The second kappa shape index (κ2) is 8.72. The molecule has 3 rings (SSSR count). The van der Waals surface area contributed by atoms with E-state index >= 15 is 0 Å². The Bertz CT molecular complexity index is 836. The molecule has 1 unspecified atom stereocenters. The van der Waals surface area contributed by atoms with Crippen LogP contribution in [0.2, 0.25) is 5.02 Å². The second-order valence-electron chi connectivity index (χ2n) is 8.73. The van der Waals surface area contributed by atoms with E-state index in [0.29, 0.717) is 38.9 Å². The zero-order valence-electron chi connectivity index (χ0n) is 17.6. The maximum absolute atomic E-state index is 12.9. The largest absolute Gasteiger partial charge is 0.444 e. The molecule has 172 valence electrons. The lowest BCUT2D eigenvalue weighted by atomic mass is 10.0. The summed E-state index contributed by atoms with van der Waals surface area (Å²) >= 11 is 6.07. The summed E-state index contributed by atoms with van der Waals surface area (Å²) in [6.07, 6.45) is -2.78. The Kier molecular flexibility index (Phi) is 6.59. The fourth-order valence-electron chi connectivity index (χ4n) is 3.87. The summed E-state index contributed by atoms with van der Waals surface area (Å²) < 4.78 is 44.1. The smallest absolute Gasteiger partial charge is 0.417 e. The third-order valence-electron chi connectivity index (χ3n) is 5.27. The SMILES string of the molecule is CC(C)(C)OC(=O)N(C1CCN(c2ncc(C(F)(F)F)cc2Cl)CC1)C1CCNC1=O. The molecule has 0 aliphatic carbocycles. The molecule has 0 spiro atoms. The first kappa shape index (κ1) is 23.4. The first-order valence-electron chi connectivity index (χ1n) is 10.1. The van der Waals surface area contributed by atoms with Gasteiger partial charge in [-0.1, -0.05) is 11.6 Å². The molecule has 1 aromatic rings. The normalized spacial score (nSPS) is 20.5. The van der Waals surface area contributed by atoms with Gasteiger partial charge in [-0.3, -0.25) is 9.69 Å². The Balaban J connectivity index is 1.73. The zero-order chi connectivity index (χ0) is 23.0. The van der Waals surface area contributed by atoms with Gasteiger partial charge in [0.05, 0.1) is 10.6 Å². The van der Waals surface area contributed by atoms with Crippen molar-refractivity contribution in [3.63, 3.8) is 0 Å². The van der Waals surface area contributed by atoms with Crippen LogP contribution < -0.4 is 10.2 Å². The van der Waals surface area contributed by atoms with Crippen LogP contribution in [0, 0.1) is 0 Å². The molecule has 2 aliphatic heterocycles. The number of carbonyl (C=O) groups excluding carboxylic acids is 2. The van der Waals surface area contributed by atoms with Crippen molar-refractivity contribution in [2.24, 2.45) is 0 Å². The molecule has 0 saturated carbocycles. The number of alkyl halides is 3. The number of amides is 2. The molecule has 1 N–H and O–H groups in total. The Morgan fingerprint density at radius 3 is 2.39 bits per heavy atom. The van der Waals surface area contributed by atoms with Crippen LogP contribution in [-0.4, -0.2) is 59.2 Å². The summed E-state index contributed by atoms with van der Waals surface area (Å²) in [7, 11) is 0. The van der Waals surface area contributed by atoms with Gasteiger partial charge in [-0.25, -0.2) is 9.78 Å². The van der Waals surface area contributed by atoms with Crippen molar-refractivity contribution in [1.82, 2.24) is 15.2 Å². The number of ether oxygens (including phenoxy) is 1. The van der Waals surface area contributed by atoms with E-state index in [0.717, 1.165) is 12.3 Å². The minimum absolute atomic E-state index is 0.0764. The summed E-state index contributed by atoms with van der Waals surface area (Å²) in [4.78, 5) is 32.4. The summed E-state index contributed by atoms with van der Waals surface area (Å²) in [5.74, 6) is 0.0660. The van der Waals surface area contributed by atoms with Crippen LogP contribution in [-0.2, 0) is 15.7 Å². The highest BCUT2D eigenvalue weighted by atomic mass is 35.5. The molecule has 7 nitrogen and oxygen atoms in total. The highest BCUT2D eigenvalue weighted by Crippen LogP contribution is 2.35. The van der Waals surface area contributed by atoms with Gasteiger partial charge in [-0.2, -0.15) is 13.2 Å². The van der Waals surface area contributed by atoms with Crippen molar-refractivity contribution in [3.8, 4) is 0 Å². The Labute approximate surface area is 183 Å². The van der Waals surface area contributed by atoms with Crippen molar-refractivity contribution in [2.45, 2.75) is 63.9 Å². The Morgan fingerprint density at radius 2 is 1.90 bits per heavy atom. The number of hydrogen-bond donors (Lipinski definition) is 1. The van der Waals surface area contributed by atoms with E-state index in [-0.39, 0.29) is 22.8 Å². The number of anilines is 1. The second-order valence-corrected chi connectivity index (χ2v) is 9.14. The van der Waals surface area contributed by atoms with Gasteiger partial charge < -0.3 is 15.0 Å².